The molecule has 0 aliphatic carbocycles. The van der Waals surface area contributed by atoms with Gasteiger partial charge in [0.05, 0.1) is 11.3 Å². The summed E-state index contributed by atoms with van der Waals surface area (Å²) in [5.41, 5.74) is 2.54. The van der Waals surface area contributed by atoms with Crippen molar-refractivity contribution in [2.45, 2.75) is 26.7 Å². The minimum Gasteiger partial charge on any atom is -0.339 e. The van der Waals surface area contributed by atoms with Crippen LogP contribution in [0.2, 0.25) is 0 Å². The van der Waals surface area contributed by atoms with Crippen LogP contribution < -0.4 is 5.32 Å². The zero-order chi connectivity index (χ0) is 13.8. The zero-order valence-electron chi connectivity index (χ0n) is 12.1. The van der Waals surface area contributed by atoms with Gasteiger partial charge >= 0.3 is 0 Å². The second-order valence-corrected chi connectivity index (χ2v) is 5.38. The number of pyridine rings is 1. The number of amides is 1. The van der Waals surface area contributed by atoms with Crippen molar-refractivity contribution < 1.29 is 4.79 Å². The van der Waals surface area contributed by atoms with Crippen molar-refractivity contribution in [2.75, 3.05) is 26.7 Å². The quantitative estimate of drug-likeness (QED) is 0.902. The third-order valence-corrected chi connectivity index (χ3v) is 3.85. The molecule has 1 aromatic rings. The molecule has 1 N–H and O–H groups in total. The van der Waals surface area contributed by atoms with Crippen LogP contribution in [0.4, 0.5) is 0 Å². The van der Waals surface area contributed by atoms with Crippen molar-refractivity contribution in [1.82, 2.24) is 15.2 Å². The zero-order valence-corrected chi connectivity index (χ0v) is 12.1. The summed E-state index contributed by atoms with van der Waals surface area (Å²) in [6.45, 7) is 6.63. The fraction of sp³-hybridized carbons (Fsp3) is 0.600. The molecule has 0 radical (unpaired) electrons. The smallest absolute Gasteiger partial charge is 0.255 e. The number of hydrogen-bond donors (Lipinski definition) is 1. The van der Waals surface area contributed by atoms with Crippen LogP contribution in [0.1, 0.15) is 34.6 Å². The minimum atomic E-state index is 0.132. The maximum absolute atomic E-state index is 12.5. The molecule has 0 spiro atoms. The summed E-state index contributed by atoms with van der Waals surface area (Å²) in [5.74, 6) is 0.833. The van der Waals surface area contributed by atoms with Crippen LogP contribution in [-0.4, -0.2) is 42.5 Å². The van der Waals surface area contributed by atoms with E-state index in [1.54, 1.807) is 0 Å². The van der Waals surface area contributed by atoms with Crippen molar-refractivity contribution >= 4 is 5.91 Å². The Balaban J connectivity index is 2.01. The van der Waals surface area contributed by atoms with E-state index in [4.69, 9.17) is 0 Å². The summed E-state index contributed by atoms with van der Waals surface area (Å²) in [6.07, 6.45) is 2.18. The van der Waals surface area contributed by atoms with Gasteiger partial charge in [-0.1, -0.05) is 0 Å². The van der Waals surface area contributed by atoms with Crippen LogP contribution >= 0.6 is 0 Å². The lowest BCUT2D eigenvalue weighted by atomic mass is 9.96. The molecule has 1 amide bonds. The number of aromatic nitrogens is 1. The van der Waals surface area contributed by atoms with Crippen LogP contribution in [0.3, 0.4) is 0 Å². The average molecular weight is 261 g/mol. The van der Waals surface area contributed by atoms with Crippen molar-refractivity contribution in [3.05, 3.63) is 29.1 Å². The highest BCUT2D eigenvalue weighted by Crippen LogP contribution is 2.19. The molecular weight excluding hydrogens is 238 g/mol. The Morgan fingerprint density at radius 1 is 1.37 bits per heavy atom. The molecule has 1 aliphatic heterocycles. The Hall–Kier alpha value is -1.42. The highest BCUT2D eigenvalue weighted by molar-refractivity contribution is 5.95. The van der Waals surface area contributed by atoms with Crippen molar-refractivity contribution in [1.29, 1.82) is 0 Å². The largest absolute Gasteiger partial charge is 0.339 e. The third kappa shape index (κ3) is 3.32. The molecule has 4 heteroatoms. The van der Waals surface area contributed by atoms with Gasteiger partial charge in [0.25, 0.3) is 5.91 Å². The van der Waals surface area contributed by atoms with Crippen LogP contribution in [-0.2, 0) is 0 Å². The van der Waals surface area contributed by atoms with Gasteiger partial charge in [-0.2, -0.15) is 0 Å². The summed E-state index contributed by atoms with van der Waals surface area (Å²) in [4.78, 5) is 18.8. The normalized spacial score (nSPS) is 16.7. The van der Waals surface area contributed by atoms with E-state index in [9.17, 15) is 4.79 Å². The van der Waals surface area contributed by atoms with Gasteiger partial charge in [0, 0.05) is 18.8 Å². The van der Waals surface area contributed by atoms with E-state index in [-0.39, 0.29) is 5.91 Å². The molecule has 2 rings (SSSR count). The number of piperidine rings is 1. The van der Waals surface area contributed by atoms with Gasteiger partial charge in [-0.25, -0.2) is 0 Å². The van der Waals surface area contributed by atoms with Gasteiger partial charge in [0.1, 0.15) is 0 Å². The number of rotatable bonds is 3. The van der Waals surface area contributed by atoms with E-state index in [1.165, 1.54) is 0 Å². The van der Waals surface area contributed by atoms with Crippen molar-refractivity contribution in [3.8, 4) is 0 Å². The molecule has 1 saturated heterocycles. The lowest BCUT2D eigenvalue weighted by molar-refractivity contribution is 0.0689. The second-order valence-electron chi connectivity index (χ2n) is 5.38. The molecule has 0 atom stereocenters. The first-order valence-corrected chi connectivity index (χ1v) is 7.00. The molecule has 0 bridgehead atoms. The Labute approximate surface area is 115 Å². The summed E-state index contributed by atoms with van der Waals surface area (Å²) >= 11 is 0. The first-order chi connectivity index (χ1) is 9.11. The number of carbonyl (C=O) groups excluding carboxylic acids is 1. The summed E-state index contributed by atoms with van der Waals surface area (Å²) < 4.78 is 0. The van der Waals surface area contributed by atoms with E-state index in [2.05, 4.69) is 10.3 Å². The molecule has 0 aromatic carbocycles. The fourth-order valence-electron chi connectivity index (χ4n) is 2.71. The number of nitrogens with zero attached hydrogens (tertiary/aromatic N) is 2. The minimum absolute atomic E-state index is 0.132. The van der Waals surface area contributed by atoms with E-state index >= 15 is 0 Å². The predicted octanol–water partition coefficient (Wildman–Crippen LogP) is 1.77. The van der Waals surface area contributed by atoms with Gasteiger partial charge in [-0.15, -0.1) is 0 Å². The van der Waals surface area contributed by atoms with Crippen molar-refractivity contribution in [3.63, 3.8) is 0 Å². The topological polar surface area (TPSA) is 45.2 Å². The fourth-order valence-corrected chi connectivity index (χ4v) is 2.71. The Bertz CT molecular complexity index is 451. The molecule has 0 unspecified atom stereocenters. The average Bonchev–Trinajstić information content (AvgIpc) is 2.39. The highest BCUT2D eigenvalue weighted by Gasteiger charge is 2.24. The molecular formula is C15H23N3O. The number of carbonyl (C=O) groups is 1. The first kappa shape index (κ1) is 14.0. The van der Waals surface area contributed by atoms with Gasteiger partial charge in [-0.05, 0) is 58.3 Å². The summed E-state index contributed by atoms with van der Waals surface area (Å²) in [5, 5.41) is 3.22. The molecule has 104 valence electrons. The molecule has 0 saturated carbocycles. The van der Waals surface area contributed by atoms with Crippen LogP contribution in [0, 0.1) is 19.8 Å². The monoisotopic (exact) mass is 261 g/mol. The van der Waals surface area contributed by atoms with E-state index < -0.39 is 0 Å². The SMILES string of the molecule is CNCC1CCN(C(=O)c2ccc(C)nc2C)CC1. The maximum atomic E-state index is 12.5. The predicted molar refractivity (Wildman–Crippen MR) is 76.3 cm³/mol. The second kappa shape index (κ2) is 6.15. The number of aryl methyl sites for hydroxylation is 2. The van der Waals surface area contributed by atoms with Gasteiger partial charge in [-0.3, -0.25) is 9.78 Å². The lowest BCUT2D eigenvalue weighted by Gasteiger charge is -2.32. The molecule has 1 fully saturated rings. The van der Waals surface area contributed by atoms with E-state index in [1.807, 2.05) is 37.9 Å². The lowest BCUT2D eigenvalue weighted by Crippen LogP contribution is -2.40. The molecule has 4 nitrogen and oxygen atoms in total. The van der Waals surface area contributed by atoms with E-state index in [0.717, 1.165) is 49.4 Å². The maximum Gasteiger partial charge on any atom is 0.255 e. The highest BCUT2D eigenvalue weighted by atomic mass is 16.2. The Morgan fingerprint density at radius 3 is 2.63 bits per heavy atom. The summed E-state index contributed by atoms with van der Waals surface area (Å²) in [6, 6.07) is 3.81. The van der Waals surface area contributed by atoms with Crippen LogP contribution in [0.15, 0.2) is 12.1 Å². The Kier molecular flexibility index (Phi) is 4.53. The van der Waals surface area contributed by atoms with Crippen LogP contribution in [0.25, 0.3) is 0 Å². The Morgan fingerprint density at radius 2 is 2.05 bits per heavy atom. The van der Waals surface area contributed by atoms with Crippen LogP contribution in [0.5, 0.6) is 0 Å². The molecule has 1 aromatic heterocycles. The van der Waals surface area contributed by atoms with Gasteiger partial charge in [0.15, 0.2) is 0 Å². The molecule has 1 aliphatic rings. The van der Waals surface area contributed by atoms with Gasteiger partial charge in [0.2, 0.25) is 0 Å². The number of hydrogen-bond acceptors (Lipinski definition) is 3. The molecule has 2 heterocycles. The molecule has 19 heavy (non-hydrogen) atoms. The standard InChI is InChI=1S/C15H23N3O/c1-11-4-5-14(12(2)17-11)15(19)18-8-6-13(7-9-18)10-16-3/h4-5,13,16H,6-10H2,1-3H3. The van der Waals surface area contributed by atoms with E-state index in [0.29, 0.717) is 5.92 Å². The first-order valence-electron chi connectivity index (χ1n) is 7.00. The number of likely N-dealkylation sites (tertiary alicyclic amines) is 1. The third-order valence-electron chi connectivity index (χ3n) is 3.85. The number of nitrogens with one attached hydrogen (secondary N) is 1. The summed E-state index contributed by atoms with van der Waals surface area (Å²) in [7, 11) is 1.98. The van der Waals surface area contributed by atoms with Gasteiger partial charge < -0.3 is 10.2 Å². The van der Waals surface area contributed by atoms with Crippen molar-refractivity contribution in [2.24, 2.45) is 5.92 Å².